The fraction of sp³-hybridized carbons (Fsp3) is 1.00. The minimum absolute atomic E-state index is 0.330. The molecule has 2 fully saturated rings. The van der Waals surface area contributed by atoms with Crippen LogP contribution in [0.15, 0.2) is 0 Å². The van der Waals surface area contributed by atoms with Crippen molar-refractivity contribution in [3.05, 3.63) is 0 Å². The van der Waals surface area contributed by atoms with Crippen molar-refractivity contribution in [3.63, 3.8) is 0 Å². The van der Waals surface area contributed by atoms with Crippen molar-refractivity contribution in [2.45, 2.75) is 58.3 Å². The molecule has 1 saturated heterocycles. The average molecular weight is 226 g/mol. The van der Waals surface area contributed by atoms with Gasteiger partial charge in [0.25, 0.3) is 0 Å². The molecule has 1 aliphatic carbocycles. The topological polar surface area (TPSA) is 38.5 Å². The van der Waals surface area contributed by atoms with Crippen LogP contribution in [0.4, 0.5) is 0 Å². The van der Waals surface area contributed by atoms with Crippen molar-refractivity contribution >= 4 is 0 Å². The van der Waals surface area contributed by atoms with Gasteiger partial charge >= 0.3 is 0 Å². The third-order valence-electron chi connectivity index (χ3n) is 4.24. The first kappa shape index (κ1) is 12.3. The van der Waals surface area contributed by atoms with E-state index in [2.05, 4.69) is 25.7 Å². The van der Waals surface area contributed by atoms with Crippen LogP contribution in [-0.4, -0.2) is 42.8 Å². The third kappa shape index (κ3) is 2.58. The normalized spacial score (nSPS) is 46.1. The van der Waals surface area contributed by atoms with E-state index in [1.165, 1.54) is 19.3 Å². The Hall–Kier alpha value is -0.120. The van der Waals surface area contributed by atoms with Crippen LogP contribution in [0.25, 0.3) is 0 Å². The van der Waals surface area contributed by atoms with E-state index in [9.17, 15) is 0 Å². The molecule has 1 heterocycles. The van der Waals surface area contributed by atoms with Crippen molar-refractivity contribution in [2.24, 2.45) is 11.1 Å². The molecule has 1 saturated carbocycles. The summed E-state index contributed by atoms with van der Waals surface area (Å²) in [4.78, 5) is 2.55. The van der Waals surface area contributed by atoms with E-state index >= 15 is 0 Å². The first-order chi connectivity index (χ1) is 7.49. The van der Waals surface area contributed by atoms with E-state index in [0.29, 0.717) is 23.7 Å². The van der Waals surface area contributed by atoms with Crippen molar-refractivity contribution < 1.29 is 4.74 Å². The maximum Gasteiger partial charge on any atom is 0.0678 e. The maximum atomic E-state index is 6.24. The lowest BCUT2D eigenvalue weighted by atomic mass is 9.84. The van der Waals surface area contributed by atoms with Crippen LogP contribution in [-0.2, 0) is 4.74 Å². The molecule has 0 aromatic carbocycles. The first-order valence-corrected chi connectivity index (χ1v) is 6.63. The monoisotopic (exact) mass is 226 g/mol. The molecule has 2 unspecified atom stereocenters. The van der Waals surface area contributed by atoms with Crippen molar-refractivity contribution in [1.29, 1.82) is 0 Å². The van der Waals surface area contributed by atoms with Gasteiger partial charge in [-0.2, -0.15) is 0 Å². The van der Waals surface area contributed by atoms with Crippen molar-refractivity contribution in [3.8, 4) is 0 Å². The van der Waals surface area contributed by atoms with Gasteiger partial charge in [-0.3, -0.25) is 4.90 Å². The van der Waals surface area contributed by atoms with Crippen molar-refractivity contribution in [2.75, 3.05) is 19.6 Å². The molecule has 0 aromatic heterocycles. The zero-order valence-electron chi connectivity index (χ0n) is 10.9. The van der Waals surface area contributed by atoms with Crippen LogP contribution < -0.4 is 5.73 Å². The summed E-state index contributed by atoms with van der Waals surface area (Å²) < 4.78 is 5.77. The molecule has 2 rings (SSSR count). The Labute approximate surface area is 99.3 Å². The summed E-state index contributed by atoms with van der Waals surface area (Å²) in [6, 6.07) is 0.390. The summed E-state index contributed by atoms with van der Waals surface area (Å²) >= 11 is 0. The summed E-state index contributed by atoms with van der Waals surface area (Å²) in [5.41, 5.74) is 6.57. The average Bonchev–Trinajstić information content (AvgIpc) is 2.44. The Morgan fingerprint density at radius 3 is 2.44 bits per heavy atom. The number of rotatable bonds is 2. The van der Waals surface area contributed by atoms with Gasteiger partial charge in [0.2, 0.25) is 0 Å². The smallest absolute Gasteiger partial charge is 0.0678 e. The Morgan fingerprint density at radius 1 is 1.31 bits per heavy atom. The van der Waals surface area contributed by atoms with E-state index < -0.39 is 0 Å². The molecule has 3 heteroatoms. The Kier molecular flexibility index (Phi) is 3.57. The molecule has 16 heavy (non-hydrogen) atoms. The quantitative estimate of drug-likeness (QED) is 0.777. The van der Waals surface area contributed by atoms with Gasteiger partial charge in [0.15, 0.2) is 0 Å². The lowest BCUT2D eigenvalue weighted by Crippen LogP contribution is -2.51. The fourth-order valence-electron chi connectivity index (χ4n) is 3.38. The molecule has 0 bridgehead atoms. The third-order valence-corrected chi connectivity index (χ3v) is 4.24. The second-order valence-corrected chi connectivity index (χ2v) is 6.10. The molecule has 2 N–H and O–H groups in total. The SMILES string of the molecule is C[C@@H]1CN(CC2(C)CCCC2N)C[C@H](C)O1. The highest BCUT2D eigenvalue weighted by Crippen LogP contribution is 2.37. The molecule has 0 radical (unpaired) electrons. The molecule has 2 aliphatic rings. The zero-order chi connectivity index (χ0) is 11.8. The molecule has 1 aliphatic heterocycles. The van der Waals surface area contributed by atoms with E-state index in [0.717, 1.165) is 19.6 Å². The largest absolute Gasteiger partial charge is 0.373 e. The predicted molar refractivity (Wildman–Crippen MR) is 66.4 cm³/mol. The van der Waals surface area contributed by atoms with Gasteiger partial charge in [-0.25, -0.2) is 0 Å². The summed E-state index contributed by atoms with van der Waals surface area (Å²) in [6.07, 6.45) is 4.52. The van der Waals surface area contributed by atoms with Crippen LogP contribution in [0.3, 0.4) is 0 Å². The minimum Gasteiger partial charge on any atom is -0.373 e. The maximum absolute atomic E-state index is 6.24. The van der Waals surface area contributed by atoms with E-state index in [1.807, 2.05) is 0 Å². The highest BCUT2D eigenvalue weighted by atomic mass is 16.5. The molecular weight excluding hydrogens is 200 g/mol. The standard InChI is InChI=1S/C13H26N2O/c1-10-7-15(8-11(2)16-10)9-13(3)6-4-5-12(13)14/h10-12H,4-9,14H2,1-3H3/t10-,11+,12?,13?. The van der Waals surface area contributed by atoms with Crippen LogP contribution in [0, 0.1) is 5.41 Å². The number of nitrogens with two attached hydrogens (primary N) is 1. The summed E-state index contributed by atoms with van der Waals surface area (Å²) in [5.74, 6) is 0. The van der Waals surface area contributed by atoms with E-state index in [1.54, 1.807) is 0 Å². The lowest BCUT2D eigenvalue weighted by Gasteiger charge is -2.41. The van der Waals surface area contributed by atoms with Gasteiger partial charge in [-0.1, -0.05) is 13.3 Å². The summed E-state index contributed by atoms with van der Waals surface area (Å²) in [7, 11) is 0. The second-order valence-electron chi connectivity index (χ2n) is 6.10. The van der Waals surface area contributed by atoms with Gasteiger partial charge in [0, 0.05) is 25.7 Å². The number of ether oxygens (including phenoxy) is 1. The van der Waals surface area contributed by atoms with Gasteiger partial charge in [0.1, 0.15) is 0 Å². The molecule has 0 spiro atoms. The van der Waals surface area contributed by atoms with E-state index in [-0.39, 0.29) is 0 Å². The van der Waals surface area contributed by atoms with Gasteiger partial charge in [0.05, 0.1) is 12.2 Å². The molecular formula is C13H26N2O. The summed E-state index contributed by atoms with van der Waals surface area (Å²) in [5, 5.41) is 0. The molecule has 0 aromatic rings. The number of hydrogen-bond acceptors (Lipinski definition) is 3. The Balaban J connectivity index is 1.93. The molecule has 4 atom stereocenters. The molecule has 0 amide bonds. The van der Waals surface area contributed by atoms with E-state index in [4.69, 9.17) is 10.5 Å². The lowest BCUT2D eigenvalue weighted by molar-refractivity contribution is -0.0772. The predicted octanol–water partition coefficient (Wildman–Crippen LogP) is 1.61. The van der Waals surface area contributed by atoms with Crippen molar-refractivity contribution in [1.82, 2.24) is 4.90 Å². The van der Waals surface area contributed by atoms with Gasteiger partial charge in [-0.05, 0) is 32.1 Å². The first-order valence-electron chi connectivity index (χ1n) is 6.63. The molecule has 3 nitrogen and oxygen atoms in total. The number of hydrogen-bond donors (Lipinski definition) is 1. The van der Waals surface area contributed by atoms with Crippen LogP contribution in [0.2, 0.25) is 0 Å². The van der Waals surface area contributed by atoms with Crippen LogP contribution in [0.5, 0.6) is 0 Å². The van der Waals surface area contributed by atoms with Gasteiger partial charge < -0.3 is 10.5 Å². The number of nitrogens with zero attached hydrogens (tertiary/aromatic N) is 1. The summed E-state index contributed by atoms with van der Waals surface area (Å²) in [6.45, 7) is 9.96. The Bertz CT molecular complexity index is 236. The Morgan fingerprint density at radius 2 is 1.94 bits per heavy atom. The van der Waals surface area contributed by atoms with Gasteiger partial charge in [-0.15, -0.1) is 0 Å². The molecule has 94 valence electrons. The second kappa shape index (κ2) is 4.63. The van der Waals surface area contributed by atoms with Crippen LogP contribution >= 0.6 is 0 Å². The van der Waals surface area contributed by atoms with Crippen LogP contribution in [0.1, 0.15) is 40.0 Å². The zero-order valence-corrected chi connectivity index (χ0v) is 10.9. The highest BCUT2D eigenvalue weighted by molar-refractivity contribution is 4.94. The number of morpholine rings is 1. The fourth-order valence-corrected chi connectivity index (χ4v) is 3.38. The highest BCUT2D eigenvalue weighted by Gasteiger charge is 2.38. The minimum atomic E-state index is 0.330.